The molecule has 2 heterocycles. The molecular formula is C20H19N5OS. The largest absolute Gasteiger partial charge is 0.374 e. The number of nitrogen functional groups attached to an aromatic ring is 1. The Balaban J connectivity index is 1.48. The third-order valence-corrected chi connectivity index (χ3v) is 5.26. The van der Waals surface area contributed by atoms with Crippen molar-refractivity contribution in [2.45, 2.75) is 18.9 Å². The number of rotatable bonds is 6. The number of nitrogens with one attached hydrogen (secondary N) is 2. The van der Waals surface area contributed by atoms with E-state index in [0.29, 0.717) is 23.0 Å². The number of fused-ring (bicyclic) bond motifs is 1. The Morgan fingerprint density at radius 2 is 1.89 bits per heavy atom. The molecule has 4 aromatic rings. The van der Waals surface area contributed by atoms with Crippen LogP contribution in [-0.4, -0.2) is 21.1 Å². The fraction of sp³-hybridized carbons (Fsp3) is 0.150. The maximum atomic E-state index is 12.6. The number of nitrogens with two attached hydrogens (primary N) is 1. The molecule has 4 rings (SSSR count). The Bertz CT molecular complexity index is 1060. The second-order valence-electron chi connectivity index (χ2n) is 6.25. The van der Waals surface area contributed by atoms with Crippen molar-refractivity contribution in [3.05, 3.63) is 76.9 Å². The quantitative estimate of drug-likeness (QED) is 0.479. The van der Waals surface area contributed by atoms with E-state index in [-0.39, 0.29) is 11.9 Å². The molecular weight excluding hydrogens is 358 g/mol. The number of aromatic amines is 1. The topological polar surface area (TPSA) is 96.7 Å². The van der Waals surface area contributed by atoms with E-state index in [1.807, 2.05) is 54.7 Å². The number of aryl methyl sites for hydroxylation is 1. The molecule has 0 unspecified atom stereocenters. The molecule has 0 aliphatic rings. The highest BCUT2D eigenvalue weighted by Gasteiger charge is 2.21. The zero-order valence-corrected chi connectivity index (χ0v) is 15.4. The fourth-order valence-electron chi connectivity index (χ4n) is 3.12. The van der Waals surface area contributed by atoms with Crippen molar-refractivity contribution in [3.8, 4) is 0 Å². The van der Waals surface area contributed by atoms with Crippen molar-refractivity contribution in [1.82, 2.24) is 20.5 Å². The van der Waals surface area contributed by atoms with Crippen molar-refractivity contribution >= 4 is 33.3 Å². The lowest BCUT2D eigenvalue weighted by Gasteiger charge is -2.16. The fourth-order valence-corrected chi connectivity index (χ4v) is 3.81. The first-order chi connectivity index (χ1) is 13.2. The Labute approximate surface area is 160 Å². The molecule has 0 aliphatic heterocycles. The van der Waals surface area contributed by atoms with E-state index in [1.165, 1.54) is 11.3 Å². The zero-order valence-electron chi connectivity index (χ0n) is 14.6. The summed E-state index contributed by atoms with van der Waals surface area (Å²) >= 11 is 1.29. The smallest absolute Gasteiger partial charge is 0.221 e. The maximum Gasteiger partial charge on any atom is 0.221 e. The number of anilines is 1. The molecule has 0 saturated heterocycles. The number of benzene rings is 2. The van der Waals surface area contributed by atoms with Gasteiger partial charge < -0.3 is 16.0 Å². The number of hydrogen-bond donors (Lipinski definition) is 3. The van der Waals surface area contributed by atoms with Gasteiger partial charge in [-0.1, -0.05) is 59.9 Å². The summed E-state index contributed by atoms with van der Waals surface area (Å²) in [5.74, 6) is -0.0390. The van der Waals surface area contributed by atoms with E-state index in [4.69, 9.17) is 5.73 Å². The number of hydrogen-bond acceptors (Lipinski definition) is 5. The third kappa shape index (κ3) is 3.83. The molecule has 2 aromatic heterocycles. The molecule has 0 fully saturated rings. The predicted molar refractivity (Wildman–Crippen MR) is 107 cm³/mol. The Kier molecular flexibility index (Phi) is 4.84. The van der Waals surface area contributed by atoms with Gasteiger partial charge in [-0.25, -0.2) is 0 Å². The number of carbonyl (C=O) groups is 1. The van der Waals surface area contributed by atoms with Gasteiger partial charge in [0.2, 0.25) is 11.0 Å². The minimum Gasteiger partial charge on any atom is -0.374 e. The molecule has 136 valence electrons. The SMILES string of the molecule is Nc1nnc([C@@H](NC(=O)CCc2c[nH]c3ccccc23)c2ccccc2)s1. The summed E-state index contributed by atoms with van der Waals surface area (Å²) in [7, 11) is 0. The normalized spacial score (nSPS) is 12.1. The summed E-state index contributed by atoms with van der Waals surface area (Å²) in [5, 5.41) is 13.3. The van der Waals surface area contributed by atoms with Crippen molar-refractivity contribution in [2.24, 2.45) is 0 Å². The van der Waals surface area contributed by atoms with E-state index >= 15 is 0 Å². The standard InChI is InChI=1S/C20H19N5OS/c21-20-25-24-19(27-20)18(13-6-2-1-3-7-13)23-17(26)11-10-14-12-22-16-9-5-4-8-15(14)16/h1-9,12,18,22H,10-11H2,(H2,21,25)(H,23,26)/t18-/m0/s1. The molecule has 6 nitrogen and oxygen atoms in total. The summed E-state index contributed by atoms with van der Waals surface area (Å²) in [5.41, 5.74) is 8.90. The lowest BCUT2D eigenvalue weighted by Crippen LogP contribution is -2.29. The minimum atomic E-state index is -0.350. The van der Waals surface area contributed by atoms with Gasteiger partial charge in [-0.2, -0.15) is 0 Å². The van der Waals surface area contributed by atoms with Crippen LogP contribution in [0.25, 0.3) is 10.9 Å². The van der Waals surface area contributed by atoms with Gasteiger partial charge in [-0.15, -0.1) is 10.2 Å². The Morgan fingerprint density at radius 1 is 1.11 bits per heavy atom. The monoisotopic (exact) mass is 377 g/mol. The van der Waals surface area contributed by atoms with Gasteiger partial charge in [0.25, 0.3) is 0 Å². The van der Waals surface area contributed by atoms with Crippen molar-refractivity contribution in [3.63, 3.8) is 0 Å². The lowest BCUT2D eigenvalue weighted by molar-refractivity contribution is -0.121. The molecule has 0 aliphatic carbocycles. The van der Waals surface area contributed by atoms with Crippen LogP contribution in [0.3, 0.4) is 0 Å². The van der Waals surface area contributed by atoms with E-state index < -0.39 is 0 Å². The Hall–Kier alpha value is -3.19. The number of para-hydroxylation sites is 1. The molecule has 1 amide bonds. The van der Waals surface area contributed by atoms with Gasteiger partial charge >= 0.3 is 0 Å². The van der Waals surface area contributed by atoms with Crippen LogP contribution in [0, 0.1) is 0 Å². The first-order valence-corrected chi connectivity index (χ1v) is 9.50. The van der Waals surface area contributed by atoms with Crippen LogP contribution >= 0.6 is 11.3 Å². The number of carbonyl (C=O) groups excluding carboxylic acids is 1. The van der Waals surface area contributed by atoms with Crippen LogP contribution in [0.5, 0.6) is 0 Å². The predicted octanol–water partition coefficient (Wildman–Crippen LogP) is 3.44. The second-order valence-corrected chi connectivity index (χ2v) is 7.29. The first-order valence-electron chi connectivity index (χ1n) is 8.69. The highest BCUT2D eigenvalue weighted by atomic mass is 32.1. The van der Waals surface area contributed by atoms with Crippen LogP contribution in [0.15, 0.2) is 60.8 Å². The highest BCUT2D eigenvalue weighted by Crippen LogP contribution is 2.26. The summed E-state index contributed by atoms with van der Waals surface area (Å²) in [4.78, 5) is 15.9. The van der Waals surface area contributed by atoms with Crippen molar-refractivity contribution < 1.29 is 4.79 Å². The van der Waals surface area contributed by atoms with Crippen LogP contribution in [0.4, 0.5) is 5.13 Å². The van der Waals surface area contributed by atoms with Gasteiger partial charge in [0.15, 0.2) is 0 Å². The molecule has 2 aromatic carbocycles. The van der Waals surface area contributed by atoms with Gasteiger partial charge in [-0.05, 0) is 23.6 Å². The molecule has 0 spiro atoms. The summed E-state index contributed by atoms with van der Waals surface area (Å²) in [6.07, 6.45) is 3.02. The molecule has 7 heteroatoms. The van der Waals surface area contributed by atoms with Gasteiger partial charge in [0.05, 0.1) is 0 Å². The lowest BCUT2D eigenvalue weighted by atomic mass is 10.1. The third-order valence-electron chi connectivity index (χ3n) is 4.44. The molecule has 27 heavy (non-hydrogen) atoms. The average molecular weight is 377 g/mol. The van der Waals surface area contributed by atoms with Crippen LogP contribution in [0.1, 0.15) is 28.6 Å². The number of nitrogens with zero attached hydrogens (tertiary/aromatic N) is 2. The van der Waals surface area contributed by atoms with Crippen molar-refractivity contribution in [2.75, 3.05) is 5.73 Å². The maximum absolute atomic E-state index is 12.6. The van der Waals surface area contributed by atoms with Crippen LogP contribution in [0.2, 0.25) is 0 Å². The Morgan fingerprint density at radius 3 is 2.67 bits per heavy atom. The second kappa shape index (κ2) is 7.59. The average Bonchev–Trinajstić information content (AvgIpc) is 3.31. The summed E-state index contributed by atoms with van der Waals surface area (Å²) < 4.78 is 0. The zero-order chi connectivity index (χ0) is 18.6. The van der Waals surface area contributed by atoms with Gasteiger partial charge in [-0.3, -0.25) is 4.79 Å². The first kappa shape index (κ1) is 17.2. The minimum absolute atomic E-state index is 0.0390. The molecule has 4 N–H and O–H groups in total. The molecule has 0 saturated carbocycles. The number of amides is 1. The van der Waals surface area contributed by atoms with E-state index in [9.17, 15) is 4.79 Å². The number of aromatic nitrogens is 3. The van der Waals surface area contributed by atoms with Crippen LogP contribution in [-0.2, 0) is 11.2 Å². The van der Waals surface area contributed by atoms with E-state index in [2.05, 4.69) is 26.6 Å². The molecule has 0 bridgehead atoms. The van der Waals surface area contributed by atoms with Crippen molar-refractivity contribution in [1.29, 1.82) is 0 Å². The van der Waals surface area contributed by atoms with Crippen LogP contribution < -0.4 is 11.1 Å². The molecule has 1 atom stereocenters. The van der Waals surface area contributed by atoms with E-state index in [0.717, 1.165) is 22.0 Å². The number of H-pyrrole nitrogens is 1. The summed E-state index contributed by atoms with van der Waals surface area (Å²) in [6, 6.07) is 17.5. The summed E-state index contributed by atoms with van der Waals surface area (Å²) in [6.45, 7) is 0. The van der Waals surface area contributed by atoms with Gasteiger partial charge in [0, 0.05) is 23.5 Å². The van der Waals surface area contributed by atoms with E-state index in [1.54, 1.807) is 0 Å². The molecule has 0 radical (unpaired) electrons. The highest BCUT2D eigenvalue weighted by molar-refractivity contribution is 7.15. The van der Waals surface area contributed by atoms with Gasteiger partial charge in [0.1, 0.15) is 11.0 Å².